The Morgan fingerprint density at radius 1 is 1.33 bits per heavy atom. The summed E-state index contributed by atoms with van der Waals surface area (Å²) in [5, 5.41) is 0. The number of carbonyl (C=O) groups excluding carboxylic acids is 1. The van der Waals surface area contributed by atoms with Gasteiger partial charge in [0, 0.05) is 11.8 Å². The monoisotopic (exact) mass is 358 g/mol. The molecule has 0 aromatic heterocycles. The largest absolute Gasteiger partial charge is 0.290 e. The van der Waals surface area contributed by atoms with E-state index < -0.39 is 17.8 Å². The van der Waals surface area contributed by atoms with Crippen molar-refractivity contribution in [2.24, 2.45) is 0 Å². The Morgan fingerprint density at radius 2 is 1.80 bits per heavy atom. The molecule has 0 saturated heterocycles. The Labute approximate surface area is 107 Å². The molecule has 0 heterocycles. The second kappa shape index (κ2) is 4.39. The molecule has 0 spiro atoms. The Balaban J connectivity index is 3.17. The lowest BCUT2D eigenvalue weighted by atomic mass is 10.1. The fourth-order valence-corrected chi connectivity index (χ4v) is 1.80. The van der Waals surface area contributed by atoms with Crippen molar-refractivity contribution in [3.8, 4) is 0 Å². The second-order valence-electron chi connectivity index (χ2n) is 2.98. The molecule has 0 radical (unpaired) electrons. The highest BCUT2D eigenvalue weighted by molar-refractivity contribution is 14.1. The number of ketones is 1. The molecule has 1 unspecified atom stereocenters. The third-order valence-electron chi connectivity index (χ3n) is 1.77. The van der Waals surface area contributed by atoms with Crippen LogP contribution in [0.1, 0.15) is 10.4 Å². The van der Waals surface area contributed by atoms with Gasteiger partial charge in [0.1, 0.15) is 0 Å². The highest BCUT2D eigenvalue weighted by Gasteiger charge is 2.43. The number of hydrogen-bond donors (Lipinski definition) is 0. The van der Waals surface area contributed by atoms with Crippen LogP contribution in [0.15, 0.2) is 30.3 Å². The van der Waals surface area contributed by atoms with Gasteiger partial charge in [-0.1, -0.05) is 41.9 Å². The topological polar surface area (TPSA) is 51.2 Å². The molecule has 1 rings (SSSR count). The molecule has 1 atom stereocenters. The predicted molar refractivity (Wildman–Crippen MR) is 68.2 cm³/mol. The maximum absolute atomic E-state index is 11.8. The molecule has 6 heteroatoms. The lowest BCUT2D eigenvalue weighted by Gasteiger charge is -2.16. The zero-order valence-electron chi connectivity index (χ0n) is 7.78. The molecular weight excluding hydrogens is 351 g/mol. The maximum atomic E-state index is 11.8. The van der Waals surface area contributed by atoms with Gasteiger partial charge < -0.3 is 0 Å². The van der Waals surface area contributed by atoms with Crippen molar-refractivity contribution in [3.63, 3.8) is 0 Å². The van der Waals surface area contributed by atoms with Crippen LogP contribution < -0.4 is 0 Å². The van der Waals surface area contributed by atoms with Crippen molar-refractivity contribution in [3.05, 3.63) is 35.9 Å². The summed E-state index contributed by atoms with van der Waals surface area (Å²) in [5.41, 5.74) is 0.285. The quantitative estimate of drug-likeness (QED) is 0.473. The summed E-state index contributed by atoms with van der Waals surface area (Å²) in [6, 6.07) is 8.10. The minimum absolute atomic E-state index is 0.285. The van der Waals surface area contributed by atoms with Crippen LogP contribution >= 0.6 is 34.2 Å². The number of sulfone groups is 1. The summed E-state index contributed by atoms with van der Waals surface area (Å²) in [7, 11) is -3.65. The summed E-state index contributed by atoms with van der Waals surface area (Å²) < 4.78 is 20.7. The van der Waals surface area contributed by atoms with Crippen molar-refractivity contribution in [2.45, 2.75) is 2.21 Å². The molecule has 82 valence electrons. The molecule has 0 amide bonds. The number of alkyl halides is 2. The Bertz CT molecular complexity index is 467. The van der Waals surface area contributed by atoms with Crippen LogP contribution in [0.2, 0.25) is 0 Å². The van der Waals surface area contributed by atoms with Crippen LogP contribution in [0.4, 0.5) is 0 Å². The molecular formula is C9H8ClIO3S. The van der Waals surface area contributed by atoms with Crippen molar-refractivity contribution in [1.29, 1.82) is 0 Å². The van der Waals surface area contributed by atoms with E-state index in [1.165, 1.54) is 34.7 Å². The van der Waals surface area contributed by atoms with E-state index in [4.69, 9.17) is 11.6 Å². The molecule has 0 fully saturated rings. The normalized spacial score (nSPS) is 15.7. The highest BCUT2D eigenvalue weighted by Crippen LogP contribution is 2.34. The van der Waals surface area contributed by atoms with Gasteiger partial charge in [0.2, 0.25) is 5.78 Å². The lowest BCUT2D eigenvalue weighted by molar-refractivity contribution is 0.100. The number of benzene rings is 1. The zero-order chi connectivity index (χ0) is 11.7. The molecule has 3 nitrogen and oxygen atoms in total. The Kier molecular flexibility index (Phi) is 3.78. The smallest absolute Gasteiger partial charge is 0.257 e. The Morgan fingerprint density at radius 3 is 2.20 bits per heavy atom. The minimum Gasteiger partial charge on any atom is -0.290 e. The van der Waals surface area contributed by atoms with Crippen molar-refractivity contribution < 1.29 is 13.2 Å². The van der Waals surface area contributed by atoms with Gasteiger partial charge in [0.25, 0.3) is 2.21 Å². The molecule has 1 aromatic carbocycles. The van der Waals surface area contributed by atoms with Crippen LogP contribution in [0.5, 0.6) is 0 Å². The van der Waals surface area contributed by atoms with Crippen LogP contribution in [-0.2, 0) is 9.84 Å². The van der Waals surface area contributed by atoms with E-state index in [9.17, 15) is 13.2 Å². The summed E-state index contributed by atoms with van der Waals surface area (Å²) in [6.45, 7) is 0. The maximum Gasteiger partial charge on any atom is 0.257 e. The number of rotatable bonds is 3. The first-order valence-corrected chi connectivity index (χ1v) is 7.29. The summed E-state index contributed by atoms with van der Waals surface area (Å²) in [5.74, 6) is -0.618. The van der Waals surface area contributed by atoms with Gasteiger partial charge in [0.05, 0.1) is 0 Å². The molecule has 15 heavy (non-hydrogen) atoms. The fourth-order valence-electron chi connectivity index (χ4n) is 0.926. The van der Waals surface area contributed by atoms with Gasteiger partial charge in [-0.3, -0.25) is 4.79 Å². The van der Waals surface area contributed by atoms with Gasteiger partial charge in [-0.05, 0) is 22.6 Å². The third-order valence-corrected chi connectivity index (χ3v) is 6.79. The standard InChI is InChI=1S/C9H8ClIO3S/c1-15(13,14)9(10,11)8(12)7-5-3-2-4-6-7/h2-6H,1H3. The highest BCUT2D eigenvalue weighted by atomic mass is 127. The predicted octanol–water partition coefficient (Wildman–Crippen LogP) is 2.24. The number of carbonyl (C=O) groups is 1. The van der Waals surface area contributed by atoms with Crippen molar-refractivity contribution in [1.82, 2.24) is 0 Å². The lowest BCUT2D eigenvalue weighted by Crippen LogP contribution is -2.34. The van der Waals surface area contributed by atoms with Gasteiger partial charge in [-0.25, -0.2) is 8.42 Å². The van der Waals surface area contributed by atoms with Crippen molar-refractivity contribution in [2.75, 3.05) is 6.26 Å². The first-order chi connectivity index (χ1) is 6.77. The molecule has 0 bridgehead atoms. The summed E-state index contributed by atoms with van der Waals surface area (Å²) in [4.78, 5) is 11.8. The van der Waals surface area contributed by atoms with E-state index in [0.29, 0.717) is 0 Å². The first kappa shape index (κ1) is 12.9. The molecule has 0 aliphatic rings. The zero-order valence-corrected chi connectivity index (χ0v) is 11.5. The van der Waals surface area contributed by atoms with E-state index in [1.807, 2.05) is 0 Å². The van der Waals surface area contributed by atoms with E-state index in [2.05, 4.69) is 0 Å². The summed E-state index contributed by atoms with van der Waals surface area (Å²) >= 11 is 7.19. The molecule has 0 aliphatic carbocycles. The number of Topliss-reactive ketones (excluding diaryl/α,β-unsaturated/α-hetero) is 1. The fraction of sp³-hybridized carbons (Fsp3) is 0.222. The van der Waals surface area contributed by atoms with E-state index in [1.54, 1.807) is 18.2 Å². The third kappa shape index (κ3) is 2.70. The average Bonchev–Trinajstić information content (AvgIpc) is 2.16. The van der Waals surface area contributed by atoms with E-state index in [0.717, 1.165) is 6.26 Å². The summed E-state index contributed by atoms with van der Waals surface area (Å²) in [6.07, 6.45) is 0.938. The van der Waals surface area contributed by atoms with Crippen molar-refractivity contribution >= 4 is 49.8 Å². The minimum atomic E-state index is -3.65. The van der Waals surface area contributed by atoms with Gasteiger partial charge in [0.15, 0.2) is 9.84 Å². The molecule has 0 saturated carbocycles. The number of halogens is 2. The first-order valence-electron chi connectivity index (χ1n) is 3.94. The van der Waals surface area contributed by atoms with Crippen LogP contribution in [-0.4, -0.2) is 22.7 Å². The molecule has 1 aromatic rings. The Hall–Kier alpha value is -0.140. The van der Waals surface area contributed by atoms with E-state index in [-0.39, 0.29) is 5.56 Å². The molecule has 0 aliphatic heterocycles. The van der Waals surface area contributed by atoms with Crippen LogP contribution in [0.3, 0.4) is 0 Å². The van der Waals surface area contributed by atoms with Gasteiger partial charge >= 0.3 is 0 Å². The molecule has 0 N–H and O–H groups in total. The average molecular weight is 359 g/mol. The second-order valence-corrected chi connectivity index (χ2v) is 8.92. The number of hydrogen-bond acceptors (Lipinski definition) is 3. The van der Waals surface area contributed by atoms with Gasteiger partial charge in [-0.2, -0.15) is 0 Å². The van der Waals surface area contributed by atoms with Gasteiger partial charge in [-0.15, -0.1) is 0 Å². The van der Waals surface area contributed by atoms with Crippen LogP contribution in [0, 0.1) is 0 Å². The van der Waals surface area contributed by atoms with E-state index >= 15 is 0 Å². The SMILES string of the molecule is CS(=O)(=O)C(Cl)(I)C(=O)c1ccccc1. The van der Waals surface area contributed by atoms with Crippen LogP contribution in [0.25, 0.3) is 0 Å².